The van der Waals surface area contributed by atoms with Gasteiger partial charge in [0.25, 0.3) is 0 Å². The highest BCUT2D eigenvalue weighted by molar-refractivity contribution is 7.19. The minimum absolute atomic E-state index is 0.382. The van der Waals surface area contributed by atoms with Gasteiger partial charge in [0.2, 0.25) is 0 Å². The molecule has 6 heteroatoms. The van der Waals surface area contributed by atoms with Crippen LogP contribution in [0.3, 0.4) is 0 Å². The van der Waals surface area contributed by atoms with E-state index in [1.54, 1.807) is 11.3 Å². The highest BCUT2D eigenvalue weighted by Gasteiger charge is 2.17. The molecule has 182 valence electrons. The van der Waals surface area contributed by atoms with Crippen LogP contribution in [0.15, 0.2) is 72.8 Å². The van der Waals surface area contributed by atoms with Crippen LogP contribution in [0.5, 0.6) is 0 Å². The summed E-state index contributed by atoms with van der Waals surface area (Å²) < 4.78 is 11.9. The summed E-state index contributed by atoms with van der Waals surface area (Å²) in [5.41, 5.74) is 9.48. The summed E-state index contributed by atoms with van der Waals surface area (Å²) in [7, 11) is 0. The van der Waals surface area contributed by atoms with Crippen molar-refractivity contribution in [2.45, 2.75) is 33.7 Å². The molecule has 0 aliphatic heterocycles. The van der Waals surface area contributed by atoms with Gasteiger partial charge in [-0.1, -0.05) is 36.4 Å². The van der Waals surface area contributed by atoms with Gasteiger partial charge < -0.3 is 4.57 Å². The standard InChI is InChI=1S/C31H25N3S3/c1-17(2)34-25-15-18(3)5-8-21(25)22-9-7-20(16-26(22)34)27-13-14-29(36-27)24-11-10-23(28-12-6-19(4)35-28)30-31(24)33-37-32-30/h5-17H,1-4H3. The third-order valence-corrected chi connectivity index (χ3v) is 9.78. The lowest BCUT2D eigenvalue weighted by molar-refractivity contribution is 0.642. The van der Waals surface area contributed by atoms with Gasteiger partial charge in [0.05, 0.1) is 11.7 Å². The van der Waals surface area contributed by atoms with Crippen LogP contribution in [0.2, 0.25) is 0 Å². The monoisotopic (exact) mass is 535 g/mol. The van der Waals surface area contributed by atoms with Gasteiger partial charge in [-0.25, -0.2) is 0 Å². The Balaban J connectivity index is 1.34. The molecule has 4 heterocycles. The third-order valence-electron chi connectivity index (χ3n) is 7.05. The fraction of sp³-hybridized carbons (Fsp3) is 0.161. The third kappa shape index (κ3) is 3.66. The van der Waals surface area contributed by atoms with Gasteiger partial charge in [-0.3, -0.25) is 0 Å². The van der Waals surface area contributed by atoms with Crippen molar-refractivity contribution >= 4 is 67.2 Å². The molecule has 0 amide bonds. The lowest BCUT2D eigenvalue weighted by atomic mass is 10.1. The topological polar surface area (TPSA) is 30.7 Å². The normalized spacial score (nSPS) is 12.0. The van der Waals surface area contributed by atoms with Crippen molar-refractivity contribution in [3.8, 4) is 31.3 Å². The van der Waals surface area contributed by atoms with E-state index in [1.165, 1.54) is 69.7 Å². The Labute approximate surface area is 228 Å². The molecule has 4 aromatic heterocycles. The number of thiophene rings is 2. The van der Waals surface area contributed by atoms with E-state index < -0.39 is 0 Å². The highest BCUT2D eigenvalue weighted by atomic mass is 32.1. The molecule has 0 atom stereocenters. The molecule has 7 rings (SSSR count). The number of fused-ring (bicyclic) bond motifs is 4. The molecule has 0 fully saturated rings. The smallest absolute Gasteiger partial charge is 0.114 e. The van der Waals surface area contributed by atoms with Gasteiger partial charge in [0.15, 0.2) is 0 Å². The molecule has 3 nitrogen and oxygen atoms in total. The first kappa shape index (κ1) is 22.8. The summed E-state index contributed by atoms with van der Waals surface area (Å²) in [4.78, 5) is 5.05. The molecule has 0 unspecified atom stereocenters. The Morgan fingerprint density at radius 1 is 0.649 bits per heavy atom. The number of rotatable bonds is 4. The van der Waals surface area contributed by atoms with E-state index in [4.69, 9.17) is 4.37 Å². The summed E-state index contributed by atoms with van der Waals surface area (Å²) in [5.74, 6) is 0. The predicted molar refractivity (Wildman–Crippen MR) is 162 cm³/mol. The first-order valence-corrected chi connectivity index (χ1v) is 14.8. The molecule has 7 aromatic rings. The number of nitrogens with zero attached hydrogens (tertiary/aromatic N) is 3. The van der Waals surface area contributed by atoms with E-state index in [9.17, 15) is 0 Å². The SMILES string of the molecule is Cc1ccc2c3ccc(-c4ccc(-c5ccc(-c6ccc(C)s6)c6nsnc56)s4)cc3n(C(C)C)c2c1. The van der Waals surface area contributed by atoms with Gasteiger partial charge in [-0.05, 0) is 75.2 Å². The highest BCUT2D eigenvalue weighted by Crippen LogP contribution is 2.42. The van der Waals surface area contributed by atoms with Crippen molar-refractivity contribution in [2.24, 2.45) is 0 Å². The fourth-order valence-electron chi connectivity index (χ4n) is 5.35. The first-order chi connectivity index (χ1) is 18.0. The molecule has 0 spiro atoms. The van der Waals surface area contributed by atoms with E-state index in [0.717, 1.165) is 16.6 Å². The second-order valence-electron chi connectivity index (χ2n) is 9.91. The van der Waals surface area contributed by atoms with Crippen LogP contribution in [0.1, 0.15) is 30.3 Å². The van der Waals surface area contributed by atoms with Crippen molar-refractivity contribution in [3.63, 3.8) is 0 Å². The molecule has 0 aliphatic carbocycles. The second-order valence-corrected chi connectivity index (χ2v) is 12.8. The van der Waals surface area contributed by atoms with Crippen molar-refractivity contribution in [3.05, 3.63) is 83.2 Å². The van der Waals surface area contributed by atoms with E-state index in [1.807, 2.05) is 11.3 Å². The van der Waals surface area contributed by atoms with E-state index in [-0.39, 0.29) is 0 Å². The van der Waals surface area contributed by atoms with Crippen LogP contribution in [0.25, 0.3) is 64.2 Å². The molecule has 37 heavy (non-hydrogen) atoms. The molecular formula is C31H25N3S3. The van der Waals surface area contributed by atoms with Crippen LogP contribution in [0.4, 0.5) is 0 Å². The summed E-state index contributed by atoms with van der Waals surface area (Å²) >= 11 is 4.93. The Kier molecular flexibility index (Phi) is 5.32. The van der Waals surface area contributed by atoms with E-state index in [0.29, 0.717) is 6.04 Å². The van der Waals surface area contributed by atoms with Gasteiger partial charge in [-0.2, -0.15) is 8.75 Å². The lowest BCUT2D eigenvalue weighted by Gasteiger charge is -2.12. The summed E-state index contributed by atoms with van der Waals surface area (Å²) in [6, 6.07) is 27.3. The maximum absolute atomic E-state index is 4.71. The number of hydrogen-bond donors (Lipinski definition) is 0. The number of hydrogen-bond acceptors (Lipinski definition) is 5. The van der Waals surface area contributed by atoms with Crippen LogP contribution < -0.4 is 0 Å². The minimum atomic E-state index is 0.382. The molecule has 0 saturated heterocycles. The van der Waals surface area contributed by atoms with E-state index in [2.05, 4.69) is 109 Å². The molecule has 0 bridgehead atoms. The Morgan fingerprint density at radius 2 is 1.27 bits per heavy atom. The molecule has 0 N–H and O–H groups in total. The average Bonchev–Trinajstić information content (AvgIpc) is 3.67. The summed E-state index contributed by atoms with van der Waals surface area (Å²) in [6.07, 6.45) is 0. The van der Waals surface area contributed by atoms with Gasteiger partial charge in [-0.15, -0.1) is 22.7 Å². The minimum Gasteiger partial charge on any atom is -0.338 e. The van der Waals surface area contributed by atoms with E-state index >= 15 is 0 Å². The number of aromatic nitrogens is 3. The van der Waals surface area contributed by atoms with Crippen molar-refractivity contribution in [2.75, 3.05) is 0 Å². The largest absolute Gasteiger partial charge is 0.338 e. The quantitative estimate of drug-likeness (QED) is 0.224. The molecule has 0 saturated carbocycles. The van der Waals surface area contributed by atoms with Crippen LogP contribution in [-0.2, 0) is 0 Å². The zero-order chi connectivity index (χ0) is 25.3. The lowest BCUT2D eigenvalue weighted by Crippen LogP contribution is -2.00. The van der Waals surface area contributed by atoms with Crippen molar-refractivity contribution in [1.82, 2.24) is 13.3 Å². The van der Waals surface area contributed by atoms with Gasteiger partial charge in [0, 0.05) is 58.5 Å². The van der Waals surface area contributed by atoms with Gasteiger partial charge in [0.1, 0.15) is 11.0 Å². The average molecular weight is 536 g/mol. The number of benzene rings is 3. The zero-order valence-corrected chi connectivity index (χ0v) is 23.5. The Morgan fingerprint density at radius 3 is 1.95 bits per heavy atom. The molecular weight excluding hydrogens is 511 g/mol. The fourth-order valence-corrected chi connectivity index (χ4v) is 7.84. The maximum atomic E-state index is 4.71. The molecule has 0 aliphatic rings. The van der Waals surface area contributed by atoms with Crippen molar-refractivity contribution < 1.29 is 0 Å². The summed E-state index contributed by atoms with van der Waals surface area (Å²) in [5, 5.41) is 2.64. The van der Waals surface area contributed by atoms with Crippen LogP contribution >= 0.6 is 34.4 Å². The Bertz CT molecular complexity index is 1950. The van der Waals surface area contributed by atoms with Crippen molar-refractivity contribution in [1.29, 1.82) is 0 Å². The Hall–Kier alpha value is -3.32. The zero-order valence-electron chi connectivity index (χ0n) is 21.1. The maximum Gasteiger partial charge on any atom is 0.114 e. The summed E-state index contributed by atoms with van der Waals surface area (Å²) in [6.45, 7) is 8.85. The first-order valence-electron chi connectivity index (χ1n) is 12.4. The van der Waals surface area contributed by atoms with Crippen LogP contribution in [0, 0.1) is 13.8 Å². The molecule has 0 radical (unpaired) electrons. The molecule has 3 aromatic carbocycles. The number of aryl methyl sites for hydroxylation is 2. The van der Waals surface area contributed by atoms with Gasteiger partial charge >= 0.3 is 0 Å². The second kappa shape index (κ2) is 8.62. The van der Waals surface area contributed by atoms with Crippen LogP contribution in [-0.4, -0.2) is 13.3 Å². The predicted octanol–water partition coefficient (Wildman–Crippen LogP) is 10.1.